The number of anilines is 1. The molecule has 0 heterocycles. The van der Waals surface area contributed by atoms with Crippen LogP contribution in [-0.2, 0) is 10.5 Å². The highest BCUT2D eigenvalue weighted by molar-refractivity contribution is 7.99. The molecule has 0 aliphatic heterocycles. The molecule has 1 unspecified atom stereocenters. The van der Waals surface area contributed by atoms with E-state index < -0.39 is 0 Å². The second-order valence-corrected chi connectivity index (χ2v) is 6.44. The zero-order chi connectivity index (χ0) is 17.4. The quantitative estimate of drug-likeness (QED) is 0.772. The third-order valence-electron chi connectivity index (χ3n) is 3.62. The molecule has 0 saturated heterocycles. The highest BCUT2D eigenvalue weighted by Crippen LogP contribution is 2.30. The van der Waals surface area contributed by atoms with Crippen molar-refractivity contribution in [3.05, 3.63) is 54.1 Å². The summed E-state index contributed by atoms with van der Waals surface area (Å²) in [5.41, 5.74) is 1.84. The van der Waals surface area contributed by atoms with Crippen molar-refractivity contribution in [1.82, 2.24) is 0 Å². The number of carbonyl (C=O) groups is 1. The Balaban J connectivity index is 2.03. The van der Waals surface area contributed by atoms with Crippen molar-refractivity contribution in [3.63, 3.8) is 0 Å². The van der Waals surface area contributed by atoms with E-state index in [-0.39, 0.29) is 11.2 Å². The van der Waals surface area contributed by atoms with Gasteiger partial charge in [-0.1, -0.05) is 37.3 Å². The molecule has 0 aromatic heterocycles. The van der Waals surface area contributed by atoms with Crippen LogP contribution in [0.5, 0.6) is 11.5 Å². The molecule has 0 bridgehead atoms. The zero-order valence-electron chi connectivity index (χ0n) is 14.2. The van der Waals surface area contributed by atoms with Crippen molar-refractivity contribution in [2.24, 2.45) is 0 Å². The number of amides is 1. The number of methoxy groups -OCH3 is 2. The summed E-state index contributed by atoms with van der Waals surface area (Å²) in [7, 11) is 3.18. The molecule has 1 atom stereocenters. The molecule has 0 radical (unpaired) electrons. The number of ether oxygens (including phenoxy) is 2. The van der Waals surface area contributed by atoms with Gasteiger partial charge in [0.25, 0.3) is 0 Å². The number of hydrogen-bond donors (Lipinski definition) is 1. The van der Waals surface area contributed by atoms with Gasteiger partial charge in [0.1, 0.15) is 11.5 Å². The van der Waals surface area contributed by atoms with Crippen LogP contribution in [0.4, 0.5) is 5.69 Å². The Hall–Kier alpha value is -2.14. The first-order valence-corrected chi connectivity index (χ1v) is 8.91. The third-order valence-corrected chi connectivity index (χ3v) is 5.07. The van der Waals surface area contributed by atoms with Gasteiger partial charge in [0.05, 0.1) is 25.2 Å². The maximum atomic E-state index is 12.6. The van der Waals surface area contributed by atoms with Crippen molar-refractivity contribution < 1.29 is 14.3 Å². The fourth-order valence-corrected chi connectivity index (χ4v) is 3.31. The van der Waals surface area contributed by atoms with Crippen LogP contribution >= 0.6 is 11.8 Å². The molecule has 0 aliphatic rings. The number of carbonyl (C=O) groups excluding carboxylic acids is 1. The monoisotopic (exact) mass is 345 g/mol. The van der Waals surface area contributed by atoms with E-state index in [2.05, 4.69) is 17.4 Å². The van der Waals surface area contributed by atoms with Gasteiger partial charge in [0, 0.05) is 11.8 Å². The van der Waals surface area contributed by atoms with Gasteiger partial charge in [-0.25, -0.2) is 0 Å². The summed E-state index contributed by atoms with van der Waals surface area (Å²) in [5.74, 6) is 2.08. The first-order valence-electron chi connectivity index (χ1n) is 7.86. The maximum Gasteiger partial charge on any atom is 0.237 e. The summed E-state index contributed by atoms with van der Waals surface area (Å²) in [6, 6.07) is 15.5. The van der Waals surface area contributed by atoms with Crippen molar-refractivity contribution in [2.45, 2.75) is 24.3 Å². The van der Waals surface area contributed by atoms with Crippen LogP contribution in [0.15, 0.2) is 48.5 Å². The van der Waals surface area contributed by atoms with Gasteiger partial charge in [-0.05, 0) is 24.1 Å². The molecule has 4 nitrogen and oxygen atoms in total. The SMILES string of the molecule is CCC(SCc1ccccc1)C(=O)Nc1cc(OC)ccc1OC. The van der Waals surface area contributed by atoms with Gasteiger partial charge in [-0.15, -0.1) is 11.8 Å². The molecule has 2 aromatic carbocycles. The average molecular weight is 345 g/mol. The molecule has 1 amide bonds. The number of thioether (sulfide) groups is 1. The molecule has 0 saturated carbocycles. The van der Waals surface area contributed by atoms with E-state index in [9.17, 15) is 4.79 Å². The smallest absolute Gasteiger partial charge is 0.237 e. The molecular weight excluding hydrogens is 322 g/mol. The second-order valence-electron chi connectivity index (χ2n) is 5.25. The van der Waals surface area contributed by atoms with Gasteiger partial charge < -0.3 is 14.8 Å². The van der Waals surface area contributed by atoms with Crippen molar-refractivity contribution in [2.75, 3.05) is 19.5 Å². The molecule has 2 rings (SSSR count). The van der Waals surface area contributed by atoms with Gasteiger partial charge in [-0.2, -0.15) is 0 Å². The van der Waals surface area contributed by atoms with Crippen LogP contribution in [0.1, 0.15) is 18.9 Å². The summed E-state index contributed by atoms with van der Waals surface area (Å²) in [6.07, 6.45) is 0.760. The highest BCUT2D eigenvalue weighted by Gasteiger charge is 2.19. The fourth-order valence-electron chi connectivity index (χ4n) is 2.27. The highest BCUT2D eigenvalue weighted by atomic mass is 32.2. The van der Waals surface area contributed by atoms with Crippen LogP contribution in [0.2, 0.25) is 0 Å². The van der Waals surface area contributed by atoms with Crippen LogP contribution in [0.25, 0.3) is 0 Å². The standard InChI is InChI=1S/C19H23NO3S/c1-4-18(24-13-14-8-6-5-7-9-14)19(21)20-16-12-15(22-2)10-11-17(16)23-3/h5-12,18H,4,13H2,1-3H3,(H,20,21). The first-order chi connectivity index (χ1) is 11.7. The molecule has 24 heavy (non-hydrogen) atoms. The molecule has 0 aliphatic carbocycles. The lowest BCUT2D eigenvalue weighted by atomic mass is 10.2. The minimum absolute atomic E-state index is 0.0232. The number of hydrogen-bond acceptors (Lipinski definition) is 4. The van der Waals surface area contributed by atoms with Crippen molar-refractivity contribution >= 4 is 23.4 Å². The van der Waals surface area contributed by atoms with E-state index >= 15 is 0 Å². The van der Waals surface area contributed by atoms with E-state index in [0.717, 1.165) is 12.2 Å². The van der Waals surface area contributed by atoms with E-state index in [4.69, 9.17) is 9.47 Å². The Morgan fingerprint density at radius 3 is 2.50 bits per heavy atom. The Morgan fingerprint density at radius 2 is 1.88 bits per heavy atom. The van der Waals surface area contributed by atoms with E-state index in [1.807, 2.05) is 25.1 Å². The minimum atomic E-state index is -0.124. The predicted octanol–water partition coefficient (Wildman–Crippen LogP) is 4.35. The van der Waals surface area contributed by atoms with Gasteiger partial charge >= 0.3 is 0 Å². The minimum Gasteiger partial charge on any atom is -0.497 e. The summed E-state index contributed by atoms with van der Waals surface area (Å²) < 4.78 is 10.5. The normalized spacial score (nSPS) is 11.6. The topological polar surface area (TPSA) is 47.6 Å². The Bertz CT molecular complexity index is 661. The first kappa shape index (κ1) is 18.2. The van der Waals surface area contributed by atoms with Gasteiger partial charge in [0.15, 0.2) is 0 Å². The summed E-state index contributed by atoms with van der Waals surface area (Å²) in [6.45, 7) is 2.02. The number of rotatable bonds is 8. The Morgan fingerprint density at radius 1 is 1.12 bits per heavy atom. The summed E-state index contributed by atoms with van der Waals surface area (Å²) >= 11 is 1.64. The second kappa shape index (κ2) is 9.23. The van der Waals surface area contributed by atoms with Crippen LogP contribution in [0.3, 0.4) is 0 Å². The third kappa shape index (κ3) is 4.93. The largest absolute Gasteiger partial charge is 0.497 e. The molecule has 1 N–H and O–H groups in total. The molecular formula is C19H23NO3S. The molecule has 0 spiro atoms. The average Bonchev–Trinajstić information content (AvgIpc) is 2.63. The van der Waals surface area contributed by atoms with Crippen LogP contribution in [-0.4, -0.2) is 25.4 Å². The Labute approximate surface area is 147 Å². The fraction of sp³-hybridized carbons (Fsp3) is 0.316. The van der Waals surface area contributed by atoms with Crippen molar-refractivity contribution in [3.8, 4) is 11.5 Å². The maximum absolute atomic E-state index is 12.6. The van der Waals surface area contributed by atoms with E-state index in [0.29, 0.717) is 17.2 Å². The lowest BCUT2D eigenvalue weighted by Gasteiger charge is -2.17. The van der Waals surface area contributed by atoms with E-state index in [1.54, 1.807) is 44.2 Å². The lowest BCUT2D eigenvalue weighted by Crippen LogP contribution is -2.25. The summed E-state index contributed by atoms with van der Waals surface area (Å²) in [4.78, 5) is 12.6. The van der Waals surface area contributed by atoms with Crippen LogP contribution < -0.4 is 14.8 Å². The van der Waals surface area contributed by atoms with Crippen molar-refractivity contribution in [1.29, 1.82) is 0 Å². The number of benzene rings is 2. The zero-order valence-corrected chi connectivity index (χ0v) is 15.1. The predicted molar refractivity (Wildman–Crippen MR) is 100.0 cm³/mol. The molecule has 2 aromatic rings. The van der Waals surface area contributed by atoms with Crippen LogP contribution in [0, 0.1) is 0 Å². The molecule has 5 heteroatoms. The molecule has 0 fully saturated rings. The molecule has 128 valence electrons. The van der Waals surface area contributed by atoms with Gasteiger partial charge in [0.2, 0.25) is 5.91 Å². The van der Waals surface area contributed by atoms with E-state index in [1.165, 1.54) is 5.56 Å². The Kier molecular flexibility index (Phi) is 7.00. The summed E-state index contributed by atoms with van der Waals surface area (Å²) in [5, 5.41) is 2.83. The number of nitrogens with one attached hydrogen (secondary N) is 1. The lowest BCUT2D eigenvalue weighted by molar-refractivity contribution is -0.115. The van der Waals surface area contributed by atoms with Gasteiger partial charge in [-0.3, -0.25) is 4.79 Å².